The predicted octanol–water partition coefficient (Wildman–Crippen LogP) is 14.7. The van der Waals surface area contributed by atoms with E-state index < -0.39 is 0 Å². The molecule has 0 aliphatic heterocycles. The number of anilines is 6. The third-order valence-electron chi connectivity index (χ3n) is 10.5. The van der Waals surface area contributed by atoms with Gasteiger partial charge in [-0.2, -0.15) is 0 Å². The van der Waals surface area contributed by atoms with Crippen LogP contribution in [0.2, 0.25) is 0 Å². The topological polar surface area (TPSA) is 32.8 Å². The van der Waals surface area contributed by atoms with Gasteiger partial charge in [-0.15, -0.1) is 0 Å². The zero-order chi connectivity index (χ0) is 35.6. The normalized spacial score (nSPS) is 11.7. The van der Waals surface area contributed by atoms with Crippen molar-refractivity contribution in [3.05, 3.63) is 194 Å². The van der Waals surface area contributed by atoms with E-state index >= 15 is 0 Å². The summed E-state index contributed by atoms with van der Waals surface area (Å²) in [5.41, 5.74) is 10.0. The molecule has 2 aromatic heterocycles. The Kier molecular flexibility index (Phi) is 6.82. The van der Waals surface area contributed by atoms with E-state index in [1.165, 1.54) is 0 Å². The molecule has 0 unspecified atom stereocenters. The van der Waals surface area contributed by atoms with Crippen LogP contribution in [0.15, 0.2) is 203 Å². The van der Waals surface area contributed by atoms with Gasteiger partial charge in [0.2, 0.25) is 0 Å². The van der Waals surface area contributed by atoms with Crippen LogP contribution in [0.25, 0.3) is 65.4 Å². The quantitative estimate of drug-likeness (QED) is 0.174. The molecular weight excluding hydrogens is 661 g/mol. The van der Waals surface area contributed by atoms with Crippen molar-refractivity contribution in [1.82, 2.24) is 0 Å². The Morgan fingerprint density at radius 3 is 0.907 bits per heavy atom. The Morgan fingerprint density at radius 1 is 0.241 bits per heavy atom. The van der Waals surface area contributed by atoms with Crippen LogP contribution in [-0.2, 0) is 0 Å². The monoisotopic (exact) mass is 692 g/mol. The summed E-state index contributed by atoms with van der Waals surface area (Å²) < 4.78 is 13.2. The minimum absolute atomic E-state index is 0.850. The molecule has 54 heavy (non-hydrogen) atoms. The van der Waals surface area contributed by atoms with Crippen LogP contribution >= 0.6 is 0 Å². The number of fused-ring (bicyclic) bond motifs is 8. The van der Waals surface area contributed by atoms with Gasteiger partial charge >= 0.3 is 0 Å². The van der Waals surface area contributed by atoms with Gasteiger partial charge in [-0.3, -0.25) is 0 Å². The smallest absolute Gasteiger partial charge is 0.136 e. The van der Waals surface area contributed by atoms with Gasteiger partial charge in [0.1, 0.15) is 22.3 Å². The fraction of sp³-hybridized carbons (Fsp3) is 0. The molecular formula is C50H32N2O2. The lowest BCUT2D eigenvalue weighted by Gasteiger charge is -2.25. The summed E-state index contributed by atoms with van der Waals surface area (Å²) >= 11 is 0. The predicted molar refractivity (Wildman–Crippen MR) is 225 cm³/mol. The molecule has 0 spiro atoms. The lowest BCUT2D eigenvalue weighted by atomic mass is 10.0. The van der Waals surface area contributed by atoms with E-state index in [2.05, 4.69) is 204 Å². The van der Waals surface area contributed by atoms with Crippen molar-refractivity contribution in [2.75, 3.05) is 9.80 Å². The highest BCUT2D eigenvalue weighted by atomic mass is 16.3. The summed E-state index contributed by atoms with van der Waals surface area (Å²) in [5.74, 6) is 0. The molecule has 0 radical (unpaired) electrons. The molecule has 0 fully saturated rings. The van der Waals surface area contributed by atoms with Crippen LogP contribution in [0.5, 0.6) is 0 Å². The average molecular weight is 693 g/mol. The summed E-state index contributed by atoms with van der Waals surface area (Å²) in [5, 5.41) is 8.79. The van der Waals surface area contributed by atoms with Crippen molar-refractivity contribution >= 4 is 99.5 Å². The van der Waals surface area contributed by atoms with E-state index in [1.54, 1.807) is 0 Å². The zero-order valence-corrected chi connectivity index (χ0v) is 29.2. The van der Waals surface area contributed by atoms with E-state index in [-0.39, 0.29) is 0 Å². The number of furan rings is 2. The van der Waals surface area contributed by atoms with E-state index in [0.29, 0.717) is 0 Å². The fourth-order valence-corrected chi connectivity index (χ4v) is 7.99. The maximum Gasteiger partial charge on any atom is 0.136 e. The molecule has 9 aromatic carbocycles. The minimum Gasteiger partial charge on any atom is -0.456 e. The molecule has 0 aliphatic carbocycles. The van der Waals surface area contributed by atoms with Crippen LogP contribution in [0.1, 0.15) is 0 Å². The summed E-state index contributed by atoms with van der Waals surface area (Å²) in [6.45, 7) is 0. The Morgan fingerprint density at radius 2 is 0.556 bits per heavy atom. The van der Waals surface area contributed by atoms with Crippen LogP contribution in [-0.4, -0.2) is 0 Å². The van der Waals surface area contributed by atoms with Crippen LogP contribution < -0.4 is 9.80 Å². The van der Waals surface area contributed by atoms with E-state index in [4.69, 9.17) is 8.83 Å². The molecule has 11 rings (SSSR count). The Labute approximate surface area is 311 Å². The van der Waals surface area contributed by atoms with Gasteiger partial charge in [0.05, 0.1) is 0 Å². The largest absolute Gasteiger partial charge is 0.456 e. The van der Waals surface area contributed by atoms with Crippen molar-refractivity contribution in [2.45, 2.75) is 0 Å². The van der Waals surface area contributed by atoms with Crippen molar-refractivity contribution in [3.63, 3.8) is 0 Å². The molecule has 0 saturated carbocycles. The van der Waals surface area contributed by atoms with Gasteiger partial charge < -0.3 is 18.6 Å². The van der Waals surface area contributed by atoms with E-state index in [9.17, 15) is 0 Å². The third kappa shape index (κ3) is 5.00. The number of para-hydroxylation sites is 4. The maximum atomic E-state index is 6.61. The number of hydrogen-bond donors (Lipinski definition) is 0. The van der Waals surface area contributed by atoms with Gasteiger partial charge in [0, 0.05) is 55.7 Å². The Bertz CT molecular complexity index is 2860. The van der Waals surface area contributed by atoms with Crippen molar-refractivity contribution in [3.8, 4) is 0 Å². The molecule has 0 bridgehead atoms. The van der Waals surface area contributed by atoms with E-state index in [1.807, 2.05) is 0 Å². The first-order valence-corrected chi connectivity index (χ1v) is 18.2. The summed E-state index contributed by atoms with van der Waals surface area (Å²) in [7, 11) is 0. The highest BCUT2D eigenvalue weighted by molar-refractivity contribution is 6.18. The van der Waals surface area contributed by atoms with Gasteiger partial charge in [-0.25, -0.2) is 0 Å². The molecule has 0 amide bonds. The van der Waals surface area contributed by atoms with Crippen LogP contribution in [0, 0.1) is 0 Å². The van der Waals surface area contributed by atoms with Gasteiger partial charge in [0.25, 0.3) is 0 Å². The molecule has 4 heteroatoms. The number of hydrogen-bond acceptors (Lipinski definition) is 4. The van der Waals surface area contributed by atoms with E-state index in [0.717, 1.165) is 99.5 Å². The minimum atomic E-state index is 0.850. The van der Waals surface area contributed by atoms with Crippen molar-refractivity contribution in [2.24, 2.45) is 0 Å². The number of benzene rings is 9. The summed E-state index contributed by atoms with van der Waals surface area (Å²) in [4.78, 5) is 4.57. The molecule has 2 heterocycles. The third-order valence-corrected chi connectivity index (χ3v) is 10.5. The molecule has 0 saturated heterocycles. The second kappa shape index (κ2) is 12.1. The second-order valence-corrected chi connectivity index (χ2v) is 13.8. The van der Waals surface area contributed by atoms with Crippen LogP contribution in [0.4, 0.5) is 34.1 Å². The highest BCUT2D eigenvalue weighted by Gasteiger charge is 2.18. The average Bonchev–Trinajstić information content (AvgIpc) is 3.75. The Balaban J connectivity index is 1.01. The number of nitrogens with zero attached hydrogens (tertiary/aromatic N) is 2. The first-order valence-electron chi connectivity index (χ1n) is 18.2. The fourth-order valence-electron chi connectivity index (χ4n) is 7.99. The molecule has 4 nitrogen and oxygen atoms in total. The zero-order valence-electron chi connectivity index (χ0n) is 29.2. The SMILES string of the molecule is c1ccc(N(c2ccccc2)c2ccc3cc4c(cc3c2)oc2cc3c(cc24)oc2cc4cc(N(c5ccccc5)c5ccccc5)ccc4cc23)cc1. The van der Waals surface area contributed by atoms with Gasteiger partial charge in [0.15, 0.2) is 0 Å². The van der Waals surface area contributed by atoms with Gasteiger partial charge in [-0.1, -0.05) is 84.9 Å². The molecule has 11 aromatic rings. The first kappa shape index (κ1) is 30.3. The maximum absolute atomic E-state index is 6.61. The summed E-state index contributed by atoms with van der Waals surface area (Å²) in [6.07, 6.45) is 0. The molecule has 0 atom stereocenters. The van der Waals surface area contributed by atoms with Crippen molar-refractivity contribution < 1.29 is 8.83 Å². The number of rotatable bonds is 6. The lowest BCUT2D eigenvalue weighted by molar-refractivity contribution is 0.664. The molecule has 0 N–H and O–H groups in total. The second-order valence-electron chi connectivity index (χ2n) is 13.8. The molecule has 0 aliphatic rings. The van der Waals surface area contributed by atoms with Gasteiger partial charge in [-0.05, 0) is 131 Å². The van der Waals surface area contributed by atoms with Crippen LogP contribution in [0.3, 0.4) is 0 Å². The molecule has 254 valence electrons. The van der Waals surface area contributed by atoms with Crippen molar-refractivity contribution in [1.29, 1.82) is 0 Å². The highest BCUT2D eigenvalue weighted by Crippen LogP contribution is 2.42. The first-order chi connectivity index (χ1) is 26.7. The standard InChI is InChI=1S/C50H32N2O2/c1-5-13-37(14-6-1)51(38-15-7-2-8-16-38)41-23-21-33-27-43-45-31-50-46(32-49(45)53-47(43)29-35(33)25-41)44-28-34-22-24-42(26-36(34)30-48(44)54-50)52(39-17-9-3-10-18-39)40-19-11-4-12-20-40/h1-32H. The lowest BCUT2D eigenvalue weighted by Crippen LogP contribution is -2.09. The Hall–Kier alpha value is -7.30. The summed E-state index contributed by atoms with van der Waals surface area (Å²) in [6, 6.07) is 68.4.